The third-order valence-electron chi connectivity index (χ3n) is 2.70. The lowest BCUT2D eigenvalue weighted by Gasteiger charge is -2.14. The maximum atomic E-state index is 10.9. The van der Waals surface area contributed by atoms with Gasteiger partial charge < -0.3 is 9.84 Å². The molecule has 0 bridgehead atoms. The molecule has 1 saturated carbocycles. The Morgan fingerprint density at radius 1 is 1.44 bits per heavy atom. The molecule has 0 spiro atoms. The lowest BCUT2D eigenvalue weighted by atomic mass is 10.0. The van der Waals surface area contributed by atoms with E-state index in [-0.39, 0.29) is 0 Å². The highest BCUT2D eigenvalue weighted by Gasteiger charge is 2.25. The first-order valence-corrected chi connectivity index (χ1v) is 5.62. The third kappa shape index (κ3) is 2.35. The average molecular weight is 220 g/mol. The topological polar surface area (TPSA) is 46.5 Å². The second-order valence-corrected chi connectivity index (χ2v) is 4.53. The summed E-state index contributed by atoms with van der Waals surface area (Å²) >= 11 is 0. The van der Waals surface area contributed by atoms with Crippen LogP contribution >= 0.6 is 0 Å². The maximum absolute atomic E-state index is 10.9. The van der Waals surface area contributed by atoms with Crippen molar-refractivity contribution in [2.45, 2.75) is 38.7 Å². The molecule has 0 aromatic heterocycles. The molecule has 1 aromatic rings. The van der Waals surface area contributed by atoms with Gasteiger partial charge in [0.05, 0.1) is 11.7 Å². The Labute approximate surface area is 95.0 Å². The van der Waals surface area contributed by atoms with Crippen LogP contribution in [0.3, 0.4) is 0 Å². The van der Waals surface area contributed by atoms with Crippen LogP contribution in [0.1, 0.15) is 48.5 Å². The summed E-state index contributed by atoms with van der Waals surface area (Å²) in [6, 6.07) is 5.12. The van der Waals surface area contributed by atoms with E-state index in [9.17, 15) is 4.79 Å². The van der Waals surface area contributed by atoms with Crippen molar-refractivity contribution >= 4 is 5.97 Å². The SMILES string of the molecule is CC(C)c1ccc(C(=O)O)cc1OC1CC1. The fourth-order valence-corrected chi connectivity index (χ4v) is 1.61. The zero-order valence-electron chi connectivity index (χ0n) is 9.56. The average Bonchev–Trinajstić information content (AvgIpc) is 3.01. The molecule has 0 saturated heterocycles. The van der Waals surface area contributed by atoms with E-state index in [1.54, 1.807) is 12.1 Å². The van der Waals surface area contributed by atoms with Crippen molar-refractivity contribution in [2.75, 3.05) is 0 Å². The molecule has 1 aromatic carbocycles. The van der Waals surface area contributed by atoms with E-state index in [2.05, 4.69) is 13.8 Å². The van der Waals surface area contributed by atoms with Crippen molar-refractivity contribution in [3.63, 3.8) is 0 Å². The highest BCUT2D eigenvalue weighted by Crippen LogP contribution is 2.33. The van der Waals surface area contributed by atoms with Crippen LogP contribution in [-0.2, 0) is 0 Å². The largest absolute Gasteiger partial charge is 0.490 e. The summed E-state index contributed by atoms with van der Waals surface area (Å²) in [5.74, 6) is 0.171. The van der Waals surface area contributed by atoms with E-state index >= 15 is 0 Å². The summed E-state index contributed by atoms with van der Waals surface area (Å²) < 4.78 is 5.75. The van der Waals surface area contributed by atoms with Crippen LogP contribution in [0.5, 0.6) is 5.75 Å². The Morgan fingerprint density at radius 3 is 2.62 bits per heavy atom. The standard InChI is InChI=1S/C13H16O3/c1-8(2)11-6-3-9(13(14)15)7-12(11)16-10-4-5-10/h3,6-8,10H,4-5H2,1-2H3,(H,14,15). The van der Waals surface area contributed by atoms with Crippen molar-refractivity contribution in [1.82, 2.24) is 0 Å². The number of aromatic carboxylic acids is 1. The quantitative estimate of drug-likeness (QED) is 0.848. The highest BCUT2D eigenvalue weighted by atomic mass is 16.5. The van der Waals surface area contributed by atoms with Crippen molar-refractivity contribution < 1.29 is 14.6 Å². The van der Waals surface area contributed by atoms with Crippen molar-refractivity contribution in [2.24, 2.45) is 0 Å². The molecule has 16 heavy (non-hydrogen) atoms. The van der Waals surface area contributed by atoms with Crippen LogP contribution in [0.4, 0.5) is 0 Å². The van der Waals surface area contributed by atoms with Crippen molar-refractivity contribution in [3.05, 3.63) is 29.3 Å². The number of rotatable bonds is 4. The Balaban J connectivity index is 2.33. The molecule has 0 unspecified atom stereocenters. The monoisotopic (exact) mass is 220 g/mol. The Morgan fingerprint density at radius 2 is 2.12 bits per heavy atom. The zero-order chi connectivity index (χ0) is 11.7. The first-order chi connectivity index (χ1) is 7.58. The molecule has 1 N–H and O–H groups in total. The van der Waals surface area contributed by atoms with E-state index in [0.717, 1.165) is 24.2 Å². The molecule has 86 valence electrons. The van der Waals surface area contributed by atoms with Gasteiger partial charge in [0, 0.05) is 0 Å². The van der Waals surface area contributed by atoms with Gasteiger partial charge in [-0.1, -0.05) is 19.9 Å². The molecule has 3 nitrogen and oxygen atoms in total. The third-order valence-corrected chi connectivity index (χ3v) is 2.70. The first kappa shape index (κ1) is 11.0. The molecule has 0 amide bonds. The number of hydrogen-bond acceptors (Lipinski definition) is 2. The lowest BCUT2D eigenvalue weighted by Crippen LogP contribution is -2.04. The fourth-order valence-electron chi connectivity index (χ4n) is 1.61. The molecule has 0 aliphatic heterocycles. The molecular formula is C13H16O3. The normalized spacial score (nSPS) is 15.2. The molecule has 0 atom stereocenters. The van der Waals surface area contributed by atoms with Gasteiger partial charge in [-0.3, -0.25) is 0 Å². The van der Waals surface area contributed by atoms with E-state index in [4.69, 9.17) is 9.84 Å². The van der Waals surface area contributed by atoms with Gasteiger partial charge >= 0.3 is 5.97 Å². The van der Waals surface area contributed by atoms with Gasteiger partial charge in [0.2, 0.25) is 0 Å². The smallest absolute Gasteiger partial charge is 0.335 e. The Bertz CT molecular complexity index is 406. The van der Waals surface area contributed by atoms with E-state index in [0.29, 0.717) is 17.6 Å². The minimum absolute atomic E-state index is 0.292. The number of carbonyl (C=O) groups is 1. The molecule has 0 heterocycles. The van der Waals surface area contributed by atoms with Crippen LogP contribution in [0.25, 0.3) is 0 Å². The molecule has 0 radical (unpaired) electrons. The summed E-state index contributed by atoms with van der Waals surface area (Å²) in [6.45, 7) is 4.16. The number of carboxylic acids is 1. The molecule has 1 aliphatic carbocycles. The second-order valence-electron chi connectivity index (χ2n) is 4.53. The highest BCUT2D eigenvalue weighted by molar-refractivity contribution is 5.88. The summed E-state index contributed by atoms with van der Waals surface area (Å²) in [7, 11) is 0. The second kappa shape index (κ2) is 4.16. The van der Waals surface area contributed by atoms with E-state index in [1.807, 2.05) is 6.07 Å². The molecule has 2 rings (SSSR count). The van der Waals surface area contributed by atoms with Gasteiger partial charge in [-0.2, -0.15) is 0 Å². The predicted octanol–water partition coefficient (Wildman–Crippen LogP) is 3.05. The van der Waals surface area contributed by atoms with Crippen molar-refractivity contribution in [3.8, 4) is 5.75 Å². The van der Waals surface area contributed by atoms with E-state index in [1.165, 1.54) is 0 Å². The Kier molecular flexibility index (Phi) is 2.86. The van der Waals surface area contributed by atoms with Gasteiger partial charge in [-0.15, -0.1) is 0 Å². The summed E-state index contributed by atoms with van der Waals surface area (Å²) in [5, 5.41) is 8.93. The zero-order valence-corrected chi connectivity index (χ0v) is 9.56. The molecule has 3 heteroatoms. The van der Waals surface area contributed by atoms with Gasteiger partial charge in [0.15, 0.2) is 0 Å². The minimum atomic E-state index is -0.907. The predicted molar refractivity (Wildman–Crippen MR) is 61.1 cm³/mol. The summed E-state index contributed by atoms with van der Waals surface area (Å²) in [6.07, 6.45) is 2.45. The van der Waals surface area contributed by atoms with Crippen LogP contribution in [-0.4, -0.2) is 17.2 Å². The summed E-state index contributed by atoms with van der Waals surface area (Å²) in [5.41, 5.74) is 1.37. The molecule has 1 aliphatic rings. The van der Waals surface area contributed by atoms with Crippen LogP contribution in [0.15, 0.2) is 18.2 Å². The van der Waals surface area contributed by atoms with Gasteiger partial charge in [0.25, 0.3) is 0 Å². The number of benzene rings is 1. The van der Waals surface area contributed by atoms with Gasteiger partial charge in [-0.05, 0) is 36.5 Å². The van der Waals surface area contributed by atoms with Gasteiger partial charge in [-0.25, -0.2) is 4.79 Å². The van der Waals surface area contributed by atoms with Crippen LogP contribution in [0, 0.1) is 0 Å². The number of hydrogen-bond donors (Lipinski definition) is 1. The fraction of sp³-hybridized carbons (Fsp3) is 0.462. The first-order valence-electron chi connectivity index (χ1n) is 5.62. The number of ether oxygens (including phenoxy) is 1. The van der Waals surface area contributed by atoms with Gasteiger partial charge in [0.1, 0.15) is 5.75 Å². The number of carboxylic acid groups (broad SMARTS) is 1. The summed E-state index contributed by atoms with van der Waals surface area (Å²) in [4.78, 5) is 10.9. The molecule has 1 fully saturated rings. The van der Waals surface area contributed by atoms with Crippen LogP contribution in [0.2, 0.25) is 0 Å². The van der Waals surface area contributed by atoms with Crippen LogP contribution < -0.4 is 4.74 Å². The molecular weight excluding hydrogens is 204 g/mol. The lowest BCUT2D eigenvalue weighted by molar-refractivity contribution is 0.0696. The van der Waals surface area contributed by atoms with Crippen molar-refractivity contribution in [1.29, 1.82) is 0 Å². The minimum Gasteiger partial charge on any atom is -0.490 e. The Hall–Kier alpha value is -1.51. The van der Waals surface area contributed by atoms with E-state index < -0.39 is 5.97 Å². The maximum Gasteiger partial charge on any atom is 0.335 e.